The van der Waals surface area contributed by atoms with Crippen molar-refractivity contribution in [3.8, 4) is 22.4 Å². The molecule has 2 aromatic carbocycles. The summed E-state index contributed by atoms with van der Waals surface area (Å²) in [5.74, 6) is 0. The van der Waals surface area contributed by atoms with Crippen molar-refractivity contribution in [2.24, 2.45) is 5.73 Å². The summed E-state index contributed by atoms with van der Waals surface area (Å²) < 4.78 is 0. The van der Waals surface area contributed by atoms with Gasteiger partial charge in [-0.1, -0.05) is 54.6 Å². The second-order valence-corrected chi connectivity index (χ2v) is 8.29. The van der Waals surface area contributed by atoms with Gasteiger partial charge in [0.25, 0.3) is 0 Å². The van der Waals surface area contributed by atoms with Crippen LogP contribution in [0.2, 0.25) is 0 Å². The van der Waals surface area contributed by atoms with Crippen LogP contribution in [0.25, 0.3) is 33.3 Å². The van der Waals surface area contributed by atoms with Gasteiger partial charge in [0.05, 0.1) is 16.8 Å². The zero-order valence-electron chi connectivity index (χ0n) is 17.5. The average molecular weight is 398 g/mol. The Morgan fingerprint density at radius 2 is 1.67 bits per heavy atom. The molecule has 0 aliphatic rings. The minimum Gasteiger partial charge on any atom is -0.390 e. The molecule has 0 unspecified atom stereocenters. The van der Waals surface area contributed by atoms with Crippen molar-refractivity contribution in [3.63, 3.8) is 0 Å². The SMILES string of the molecule is CC(C)(O)CCc1nccc2nc(-c3ccc(CN)cc3)c(-c3ccccc3)cc12. The van der Waals surface area contributed by atoms with E-state index in [2.05, 4.69) is 47.4 Å². The number of aromatic nitrogens is 2. The van der Waals surface area contributed by atoms with E-state index in [0.29, 0.717) is 19.4 Å². The van der Waals surface area contributed by atoms with Crippen LogP contribution in [0.15, 0.2) is 72.9 Å². The van der Waals surface area contributed by atoms with Crippen molar-refractivity contribution in [1.82, 2.24) is 9.97 Å². The highest BCUT2D eigenvalue weighted by Gasteiger charge is 2.17. The molecule has 4 aromatic rings. The van der Waals surface area contributed by atoms with Gasteiger partial charge >= 0.3 is 0 Å². The maximum absolute atomic E-state index is 10.2. The molecule has 4 nitrogen and oxygen atoms in total. The van der Waals surface area contributed by atoms with Gasteiger partial charge in [-0.3, -0.25) is 4.98 Å². The number of aryl methyl sites for hydroxylation is 1. The Morgan fingerprint density at radius 3 is 2.33 bits per heavy atom. The first-order chi connectivity index (χ1) is 14.4. The van der Waals surface area contributed by atoms with Gasteiger partial charge in [-0.25, -0.2) is 4.98 Å². The first-order valence-corrected chi connectivity index (χ1v) is 10.3. The third-order valence-electron chi connectivity index (χ3n) is 5.35. The van der Waals surface area contributed by atoms with Crippen LogP contribution in [-0.2, 0) is 13.0 Å². The molecular weight excluding hydrogens is 370 g/mol. The summed E-state index contributed by atoms with van der Waals surface area (Å²) in [5.41, 5.74) is 12.2. The molecule has 2 heterocycles. The Labute approximate surface area is 177 Å². The van der Waals surface area contributed by atoms with E-state index in [9.17, 15) is 5.11 Å². The average Bonchev–Trinajstić information content (AvgIpc) is 2.77. The van der Waals surface area contributed by atoms with Gasteiger partial charge in [-0.2, -0.15) is 0 Å². The van der Waals surface area contributed by atoms with Crippen molar-refractivity contribution < 1.29 is 5.11 Å². The lowest BCUT2D eigenvalue weighted by Gasteiger charge is -2.18. The molecule has 0 aliphatic heterocycles. The van der Waals surface area contributed by atoms with Crippen LogP contribution in [0.1, 0.15) is 31.5 Å². The van der Waals surface area contributed by atoms with Crippen LogP contribution in [0.3, 0.4) is 0 Å². The van der Waals surface area contributed by atoms with E-state index < -0.39 is 5.60 Å². The smallest absolute Gasteiger partial charge is 0.0788 e. The number of hydrogen-bond acceptors (Lipinski definition) is 4. The fourth-order valence-electron chi connectivity index (χ4n) is 3.63. The van der Waals surface area contributed by atoms with E-state index in [1.165, 1.54) is 0 Å². The van der Waals surface area contributed by atoms with Crippen molar-refractivity contribution in [2.75, 3.05) is 0 Å². The standard InChI is InChI=1S/C26H27N3O/c1-26(2,30)14-12-23-22-16-21(19-6-4-3-5-7-19)25(29-24(22)13-15-28-23)20-10-8-18(17-27)9-11-20/h3-11,13,15-16,30H,12,14,17,27H2,1-2H3. The second-order valence-electron chi connectivity index (χ2n) is 8.29. The van der Waals surface area contributed by atoms with E-state index in [-0.39, 0.29) is 0 Å². The maximum Gasteiger partial charge on any atom is 0.0788 e. The summed E-state index contributed by atoms with van der Waals surface area (Å²) in [6.45, 7) is 4.18. The molecule has 0 amide bonds. The van der Waals surface area contributed by atoms with Crippen LogP contribution in [0.5, 0.6) is 0 Å². The fourth-order valence-corrected chi connectivity index (χ4v) is 3.63. The first kappa shape index (κ1) is 20.2. The molecule has 2 aromatic heterocycles. The lowest BCUT2D eigenvalue weighted by atomic mass is 9.95. The Hall–Kier alpha value is -3.08. The largest absolute Gasteiger partial charge is 0.390 e. The summed E-state index contributed by atoms with van der Waals surface area (Å²) in [6, 6.07) is 22.7. The minimum absolute atomic E-state index is 0.521. The third-order valence-corrected chi connectivity index (χ3v) is 5.35. The number of pyridine rings is 2. The van der Waals surface area contributed by atoms with E-state index >= 15 is 0 Å². The summed E-state index contributed by atoms with van der Waals surface area (Å²) in [5, 5.41) is 11.2. The van der Waals surface area contributed by atoms with Crippen LogP contribution in [0, 0.1) is 0 Å². The molecule has 0 saturated carbocycles. The summed E-state index contributed by atoms with van der Waals surface area (Å²) >= 11 is 0. The predicted octanol–water partition coefficient (Wildman–Crippen LogP) is 5.13. The first-order valence-electron chi connectivity index (χ1n) is 10.3. The van der Waals surface area contributed by atoms with E-state index in [0.717, 1.165) is 44.5 Å². The van der Waals surface area contributed by atoms with Crippen LogP contribution >= 0.6 is 0 Å². The highest BCUT2D eigenvalue weighted by molar-refractivity contribution is 5.92. The van der Waals surface area contributed by atoms with Gasteiger partial charge in [0.1, 0.15) is 0 Å². The Bertz CT molecular complexity index is 1150. The maximum atomic E-state index is 10.2. The molecule has 4 rings (SSSR count). The van der Waals surface area contributed by atoms with Crippen molar-refractivity contribution in [2.45, 2.75) is 38.8 Å². The fraction of sp³-hybridized carbons (Fsp3) is 0.231. The molecule has 0 spiro atoms. The topological polar surface area (TPSA) is 72.0 Å². The number of aliphatic hydroxyl groups is 1. The molecule has 0 fully saturated rings. The molecule has 0 aliphatic carbocycles. The monoisotopic (exact) mass is 397 g/mol. The molecular formula is C26H27N3O. The normalized spacial score (nSPS) is 11.7. The number of rotatable bonds is 6. The zero-order chi connectivity index (χ0) is 21.1. The molecule has 0 bridgehead atoms. The van der Waals surface area contributed by atoms with Crippen LogP contribution in [0.4, 0.5) is 0 Å². The van der Waals surface area contributed by atoms with Crippen LogP contribution < -0.4 is 5.73 Å². The van der Waals surface area contributed by atoms with Gasteiger partial charge in [-0.15, -0.1) is 0 Å². The molecule has 30 heavy (non-hydrogen) atoms. The Morgan fingerprint density at radius 1 is 0.933 bits per heavy atom. The summed E-state index contributed by atoms with van der Waals surface area (Å²) in [4.78, 5) is 9.65. The molecule has 0 radical (unpaired) electrons. The minimum atomic E-state index is -0.732. The quantitative estimate of drug-likeness (QED) is 0.473. The van der Waals surface area contributed by atoms with Crippen molar-refractivity contribution in [1.29, 1.82) is 0 Å². The predicted molar refractivity (Wildman–Crippen MR) is 123 cm³/mol. The second kappa shape index (κ2) is 8.34. The van der Waals surface area contributed by atoms with Gasteiger partial charge in [0.2, 0.25) is 0 Å². The molecule has 0 atom stereocenters. The number of nitrogens with zero attached hydrogens (tertiary/aromatic N) is 2. The van der Waals surface area contributed by atoms with Crippen LogP contribution in [-0.4, -0.2) is 20.7 Å². The van der Waals surface area contributed by atoms with Gasteiger partial charge in [0.15, 0.2) is 0 Å². The van der Waals surface area contributed by atoms with Gasteiger partial charge in [-0.05, 0) is 49.9 Å². The number of hydrogen-bond donors (Lipinski definition) is 2. The third kappa shape index (κ3) is 4.40. The van der Waals surface area contributed by atoms with Gasteiger partial charge < -0.3 is 10.8 Å². The number of fused-ring (bicyclic) bond motifs is 1. The molecule has 4 heteroatoms. The molecule has 152 valence electrons. The van der Waals surface area contributed by atoms with E-state index in [4.69, 9.17) is 10.7 Å². The Kier molecular flexibility index (Phi) is 5.62. The highest BCUT2D eigenvalue weighted by Crippen LogP contribution is 2.34. The number of nitrogens with two attached hydrogens (primary N) is 1. The van der Waals surface area contributed by atoms with Crippen molar-refractivity contribution >= 4 is 10.9 Å². The highest BCUT2D eigenvalue weighted by atomic mass is 16.3. The summed E-state index contributed by atoms with van der Waals surface area (Å²) in [6.07, 6.45) is 3.14. The lowest BCUT2D eigenvalue weighted by Crippen LogP contribution is -2.19. The van der Waals surface area contributed by atoms with Crippen molar-refractivity contribution in [3.05, 3.63) is 84.2 Å². The number of benzene rings is 2. The lowest BCUT2D eigenvalue weighted by molar-refractivity contribution is 0.0712. The van der Waals surface area contributed by atoms with Gasteiger partial charge in [0, 0.05) is 34.9 Å². The Balaban J connectivity index is 1.90. The van der Waals surface area contributed by atoms with E-state index in [1.807, 2.05) is 38.1 Å². The summed E-state index contributed by atoms with van der Waals surface area (Å²) in [7, 11) is 0. The molecule has 3 N–H and O–H groups in total. The zero-order valence-corrected chi connectivity index (χ0v) is 17.5. The van der Waals surface area contributed by atoms with E-state index in [1.54, 1.807) is 6.20 Å². The molecule has 0 saturated heterocycles.